The number of ketones is 1. The van der Waals surface area contributed by atoms with E-state index in [9.17, 15) is 15.0 Å². The molecule has 0 bridgehead atoms. The number of Topliss-reactive ketones (excluding diaryl/α,β-unsaturated/α-hetero) is 1. The highest BCUT2D eigenvalue weighted by atomic mass is 19.1. The average molecular weight is 338 g/mol. The Kier molecular flexibility index (Phi) is 3.41. The molecule has 0 aromatic heterocycles. The molecule has 0 saturated heterocycles. The minimum atomic E-state index is -1.62. The number of aliphatic hydroxyl groups is 2. The summed E-state index contributed by atoms with van der Waals surface area (Å²) < 4.78 is 16.7. The molecule has 4 saturated carbocycles. The Hall–Kier alpha value is -0.480. The summed E-state index contributed by atoms with van der Waals surface area (Å²) in [6.45, 7) is 5.89. The van der Waals surface area contributed by atoms with Gasteiger partial charge in [0.1, 0.15) is 11.5 Å². The van der Waals surface area contributed by atoms with E-state index in [1.165, 1.54) is 0 Å². The van der Waals surface area contributed by atoms with Gasteiger partial charge in [0.05, 0.1) is 11.7 Å². The van der Waals surface area contributed by atoms with Crippen molar-refractivity contribution in [2.75, 3.05) is 0 Å². The Balaban J connectivity index is 1.77. The Morgan fingerprint density at radius 2 is 1.75 bits per heavy atom. The van der Waals surface area contributed by atoms with Crippen LogP contribution in [0.25, 0.3) is 0 Å². The predicted octanol–water partition coefficient (Wildman–Crippen LogP) is 3.41. The number of hydrogen-bond donors (Lipinski definition) is 2. The van der Waals surface area contributed by atoms with Gasteiger partial charge < -0.3 is 10.2 Å². The molecular formula is C20H31FO3. The molecule has 136 valence electrons. The van der Waals surface area contributed by atoms with E-state index in [-0.39, 0.29) is 23.5 Å². The normalized spacial score (nSPS) is 60.3. The lowest BCUT2D eigenvalue weighted by molar-refractivity contribution is -0.254. The Morgan fingerprint density at radius 3 is 2.46 bits per heavy atom. The fraction of sp³-hybridized carbons (Fsp3) is 0.950. The van der Waals surface area contributed by atoms with E-state index in [4.69, 9.17) is 0 Å². The zero-order chi connectivity index (χ0) is 17.5. The van der Waals surface area contributed by atoms with Crippen LogP contribution in [0.3, 0.4) is 0 Å². The van der Waals surface area contributed by atoms with E-state index in [0.717, 1.165) is 19.3 Å². The molecule has 4 heteroatoms. The van der Waals surface area contributed by atoms with Crippen LogP contribution in [0.2, 0.25) is 0 Å². The molecule has 0 amide bonds. The highest BCUT2D eigenvalue weighted by Gasteiger charge is 2.73. The highest BCUT2D eigenvalue weighted by molar-refractivity contribution is 5.79. The standard InChI is InChI=1S/C20H31FO3/c1-17-8-6-13(22)10-12(17)4-5-15-14-7-9-19(3,24)18(14,2)11-16(23)20(15,17)21/h12,14-16,23-24H,4-11H2,1-3H3/t12-,14+,15+,16-,17-,18-,19-,20-/m0/s1. The van der Waals surface area contributed by atoms with Crippen molar-refractivity contribution in [3.8, 4) is 0 Å². The summed E-state index contributed by atoms with van der Waals surface area (Å²) in [6, 6.07) is 0. The van der Waals surface area contributed by atoms with Gasteiger partial charge in [0.2, 0.25) is 0 Å². The van der Waals surface area contributed by atoms with Gasteiger partial charge in [-0.3, -0.25) is 4.79 Å². The largest absolute Gasteiger partial charge is 0.390 e. The molecule has 3 nitrogen and oxygen atoms in total. The van der Waals surface area contributed by atoms with Gasteiger partial charge in [-0.15, -0.1) is 0 Å². The summed E-state index contributed by atoms with van der Waals surface area (Å²) in [5, 5.41) is 21.9. The Labute approximate surface area is 144 Å². The van der Waals surface area contributed by atoms with Crippen molar-refractivity contribution in [2.45, 2.75) is 89.5 Å². The van der Waals surface area contributed by atoms with Gasteiger partial charge in [-0.25, -0.2) is 4.39 Å². The first-order valence-corrected chi connectivity index (χ1v) is 9.67. The minimum Gasteiger partial charge on any atom is -0.390 e. The van der Waals surface area contributed by atoms with E-state index < -0.39 is 28.2 Å². The Morgan fingerprint density at radius 1 is 1.04 bits per heavy atom. The van der Waals surface area contributed by atoms with Crippen LogP contribution < -0.4 is 0 Å². The third-order valence-electron chi connectivity index (χ3n) is 9.12. The first-order valence-electron chi connectivity index (χ1n) is 9.67. The second kappa shape index (κ2) is 4.82. The topological polar surface area (TPSA) is 57.5 Å². The van der Waals surface area contributed by atoms with Gasteiger partial charge >= 0.3 is 0 Å². The van der Waals surface area contributed by atoms with Crippen molar-refractivity contribution < 1.29 is 19.4 Å². The predicted molar refractivity (Wildman–Crippen MR) is 89.1 cm³/mol. The van der Waals surface area contributed by atoms with Gasteiger partial charge in [-0.2, -0.15) is 0 Å². The molecule has 0 heterocycles. The van der Waals surface area contributed by atoms with Crippen LogP contribution in [0, 0.1) is 28.6 Å². The second-order valence-corrected chi connectivity index (χ2v) is 9.87. The maximum Gasteiger partial charge on any atom is 0.145 e. The van der Waals surface area contributed by atoms with Crippen molar-refractivity contribution in [1.29, 1.82) is 0 Å². The van der Waals surface area contributed by atoms with Crippen LogP contribution in [0.1, 0.15) is 72.1 Å². The molecule has 8 atom stereocenters. The smallest absolute Gasteiger partial charge is 0.145 e. The second-order valence-electron chi connectivity index (χ2n) is 9.87. The van der Waals surface area contributed by atoms with Crippen molar-refractivity contribution in [2.24, 2.45) is 28.6 Å². The third kappa shape index (κ3) is 1.77. The SMILES string of the molecule is C[C@]1(O)CC[C@@H]2[C@H]3CC[C@H]4CC(=O)CC[C@]4(C)[C@@]3(F)[C@@H](O)C[C@@]21C. The molecule has 4 aliphatic carbocycles. The van der Waals surface area contributed by atoms with Gasteiger partial charge in [0, 0.05) is 23.7 Å². The molecule has 4 fully saturated rings. The maximum atomic E-state index is 16.7. The lowest BCUT2D eigenvalue weighted by atomic mass is 9.42. The maximum absolute atomic E-state index is 16.7. The van der Waals surface area contributed by atoms with Crippen LogP contribution in [0.15, 0.2) is 0 Å². The molecule has 0 aliphatic heterocycles. The first-order chi connectivity index (χ1) is 11.1. The van der Waals surface area contributed by atoms with Crippen molar-refractivity contribution in [3.63, 3.8) is 0 Å². The summed E-state index contributed by atoms with van der Waals surface area (Å²) in [5.74, 6) is 0.227. The number of aliphatic hydroxyl groups excluding tert-OH is 1. The number of carbonyl (C=O) groups excluding carboxylic acids is 1. The van der Waals surface area contributed by atoms with Gasteiger partial charge in [0.25, 0.3) is 0 Å². The fourth-order valence-corrected chi connectivity index (χ4v) is 7.27. The molecular weight excluding hydrogens is 307 g/mol. The average Bonchev–Trinajstić information content (AvgIpc) is 2.72. The quantitative estimate of drug-likeness (QED) is 0.711. The molecule has 0 spiro atoms. The molecule has 4 aliphatic rings. The molecule has 24 heavy (non-hydrogen) atoms. The minimum absolute atomic E-state index is 0.0564. The van der Waals surface area contributed by atoms with E-state index in [0.29, 0.717) is 32.1 Å². The number of fused-ring (bicyclic) bond motifs is 5. The summed E-state index contributed by atoms with van der Waals surface area (Å²) in [4.78, 5) is 11.9. The highest BCUT2D eigenvalue weighted by Crippen LogP contribution is 2.70. The van der Waals surface area contributed by atoms with E-state index in [2.05, 4.69) is 0 Å². The fourth-order valence-electron chi connectivity index (χ4n) is 7.27. The number of alkyl halides is 1. The van der Waals surface area contributed by atoms with Crippen LogP contribution in [-0.4, -0.2) is 33.4 Å². The monoisotopic (exact) mass is 338 g/mol. The Bertz CT molecular complexity index is 575. The summed E-state index contributed by atoms with van der Waals surface area (Å²) in [5.41, 5.74) is -3.49. The van der Waals surface area contributed by atoms with Gasteiger partial charge in [-0.05, 0) is 63.2 Å². The van der Waals surface area contributed by atoms with Crippen molar-refractivity contribution in [3.05, 3.63) is 0 Å². The zero-order valence-corrected chi connectivity index (χ0v) is 15.1. The van der Waals surface area contributed by atoms with Crippen LogP contribution in [0.4, 0.5) is 4.39 Å². The van der Waals surface area contributed by atoms with Gasteiger partial charge in [0.15, 0.2) is 0 Å². The zero-order valence-electron chi connectivity index (χ0n) is 15.1. The number of rotatable bonds is 0. The summed E-state index contributed by atoms with van der Waals surface area (Å²) in [6.07, 6.45) is 3.89. The van der Waals surface area contributed by atoms with Crippen LogP contribution in [-0.2, 0) is 4.79 Å². The third-order valence-corrected chi connectivity index (χ3v) is 9.12. The molecule has 0 unspecified atom stereocenters. The number of hydrogen-bond acceptors (Lipinski definition) is 3. The van der Waals surface area contributed by atoms with Crippen molar-refractivity contribution >= 4 is 5.78 Å². The van der Waals surface area contributed by atoms with Crippen molar-refractivity contribution in [1.82, 2.24) is 0 Å². The van der Waals surface area contributed by atoms with Crippen LogP contribution >= 0.6 is 0 Å². The first kappa shape index (κ1) is 17.0. The van der Waals surface area contributed by atoms with E-state index >= 15 is 4.39 Å². The van der Waals surface area contributed by atoms with Gasteiger partial charge in [-0.1, -0.05) is 13.8 Å². The lowest BCUT2D eigenvalue weighted by Crippen LogP contribution is -2.70. The number of halogens is 1. The summed E-state index contributed by atoms with van der Waals surface area (Å²) in [7, 11) is 0. The summed E-state index contributed by atoms with van der Waals surface area (Å²) >= 11 is 0. The molecule has 0 radical (unpaired) electrons. The van der Waals surface area contributed by atoms with Crippen LogP contribution in [0.5, 0.6) is 0 Å². The van der Waals surface area contributed by atoms with E-state index in [1.807, 2.05) is 20.8 Å². The molecule has 4 rings (SSSR count). The molecule has 0 aromatic rings. The molecule has 0 aromatic carbocycles. The lowest BCUT2D eigenvalue weighted by Gasteiger charge is -2.65. The molecule has 2 N–H and O–H groups in total. The van der Waals surface area contributed by atoms with E-state index in [1.54, 1.807) is 0 Å². The number of carbonyl (C=O) groups is 1.